The van der Waals surface area contributed by atoms with Gasteiger partial charge in [-0.2, -0.15) is 0 Å². The molecule has 0 saturated carbocycles. The number of benzene rings is 1. The number of hydrogen-bond acceptors (Lipinski definition) is 1. The van der Waals surface area contributed by atoms with Gasteiger partial charge in [-0.15, -0.1) is 12.4 Å². The summed E-state index contributed by atoms with van der Waals surface area (Å²) < 4.78 is 39.0. The molecule has 1 aromatic rings. The molecule has 1 saturated heterocycles. The SMILES string of the molecule is Cl.Fc1cc(F)c([C@H]2CCCCN2)cc1F. The molecule has 5 heteroatoms. The smallest absolute Gasteiger partial charge is 0.161 e. The molecular formula is C11H13ClF3N. The number of hydrogen-bond donors (Lipinski definition) is 1. The third-order valence-electron chi connectivity index (χ3n) is 2.73. The molecule has 1 aliphatic rings. The van der Waals surface area contributed by atoms with Crippen molar-refractivity contribution in [3.8, 4) is 0 Å². The third-order valence-corrected chi connectivity index (χ3v) is 2.73. The minimum absolute atomic E-state index is 0. The van der Waals surface area contributed by atoms with E-state index in [2.05, 4.69) is 5.32 Å². The van der Waals surface area contributed by atoms with E-state index in [1.54, 1.807) is 0 Å². The predicted molar refractivity (Wildman–Crippen MR) is 58.2 cm³/mol. The van der Waals surface area contributed by atoms with Crippen LogP contribution in [0, 0.1) is 17.5 Å². The van der Waals surface area contributed by atoms with Crippen LogP contribution >= 0.6 is 12.4 Å². The predicted octanol–water partition coefficient (Wildman–Crippen LogP) is 3.34. The van der Waals surface area contributed by atoms with E-state index in [1.807, 2.05) is 0 Å². The van der Waals surface area contributed by atoms with Crippen LogP contribution in [0.4, 0.5) is 13.2 Å². The first-order valence-corrected chi connectivity index (χ1v) is 5.06. The Labute approximate surface area is 98.4 Å². The molecule has 0 aromatic heterocycles. The highest BCUT2D eigenvalue weighted by Crippen LogP contribution is 2.26. The van der Waals surface area contributed by atoms with Gasteiger partial charge < -0.3 is 5.32 Å². The summed E-state index contributed by atoms with van der Waals surface area (Å²) in [5.74, 6) is -2.79. The van der Waals surface area contributed by atoms with Crippen LogP contribution in [0.3, 0.4) is 0 Å². The van der Waals surface area contributed by atoms with Crippen molar-refractivity contribution in [3.05, 3.63) is 35.1 Å². The zero-order valence-corrected chi connectivity index (χ0v) is 9.42. The van der Waals surface area contributed by atoms with E-state index in [4.69, 9.17) is 0 Å². The van der Waals surface area contributed by atoms with Gasteiger partial charge in [-0.25, -0.2) is 13.2 Å². The maximum absolute atomic E-state index is 13.4. The quantitative estimate of drug-likeness (QED) is 0.755. The first kappa shape index (κ1) is 13.3. The Balaban J connectivity index is 0.00000128. The first-order chi connectivity index (χ1) is 7.18. The summed E-state index contributed by atoms with van der Waals surface area (Å²) in [6.45, 7) is 0.795. The van der Waals surface area contributed by atoms with Crippen LogP contribution in [-0.2, 0) is 0 Å². The summed E-state index contributed by atoms with van der Waals surface area (Å²) in [5, 5.41) is 3.09. The zero-order valence-electron chi connectivity index (χ0n) is 8.60. The van der Waals surface area contributed by atoms with Gasteiger partial charge in [0, 0.05) is 17.7 Å². The van der Waals surface area contributed by atoms with Crippen LogP contribution in [0.2, 0.25) is 0 Å². The highest BCUT2D eigenvalue weighted by molar-refractivity contribution is 5.85. The summed E-state index contributed by atoms with van der Waals surface area (Å²) in [4.78, 5) is 0. The van der Waals surface area contributed by atoms with Gasteiger partial charge in [0.25, 0.3) is 0 Å². The topological polar surface area (TPSA) is 12.0 Å². The summed E-state index contributed by atoms with van der Waals surface area (Å²) in [5.41, 5.74) is 0.230. The Kier molecular flexibility index (Phi) is 4.62. The van der Waals surface area contributed by atoms with Crippen LogP contribution in [0.25, 0.3) is 0 Å². The molecule has 2 rings (SSSR count). The van der Waals surface area contributed by atoms with Gasteiger partial charge in [-0.1, -0.05) is 6.42 Å². The summed E-state index contributed by atoms with van der Waals surface area (Å²) in [6.07, 6.45) is 2.79. The van der Waals surface area contributed by atoms with Crippen LogP contribution in [0.15, 0.2) is 12.1 Å². The largest absolute Gasteiger partial charge is 0.310 e. The maximum atomic E-state index is 13.4. The average molecular weight is 252 g/mol. The number of nitrogens with one attached hydrogen (secondary N) is 1. The second-order valence-electron chi connectivity index (χ2n) is 3.79. The van der Waals surface area contributed by atoms with Gasteiger partial charge >= 0.3 is 0 Å². The lowest BCUT2D eigenvalue weighted by molar-refractivity contribution is 0.393. The van der Waals surface area contributed by atoms with Gasteiger partial charge in [0.15, 0.2) is 11.6 Å². The highest BCUT2D eigenvalue weighted by Gasteiger charge is 2.20. The van der Waals surface area contributed by atoms with E-state index in [9.17, 15) is 13.2 Å². The molecule has 0 aliphatic carbocycles. The molecule has 1 aromatic carbocycles. The standard InChI is InChI=1S/C11H12F3N.ClH/c12-8-6-10(14)9(13)5-7(8)11-3-1-2-4-15-11;/h5-6,11,15H,1-4H2;1H/t11-;/m1./s1. The average Bonchev–Trinajstić information content (AvgIpc) is 2.25. The molecule has 1 heterocycles. The number of halogens is 4. The van der Waals surface area contributed by atoms with Crippen molar-refractivity contribution < 1.29 is 13.2 Å². The van der Waals surface area contributed by atoms with Crippen LogP contribution in [-0.4, -0.2) is 6.54 Å². The summed E-state index contributed by atoms with van der Waals surface area (Å²) in [7, 11) is 0. The van der Waals surface area contributed by atoms with E-state index in [-0.39, 0.29) is 24.0 Å². The van der Waals surface area contributed by atoms with E-state index >= 15 is 0 Å². The molecule has 0 amide bonds. The number of rotatable bonds is 1. The van der Waals surface area contributed by atoms with E-state index < -0.39 is 17.5 Å². The van der Waals surface area contributed by atoms with Crippen molar-refractivity contribution in [2.24, 2.45) is 0 Å². The summed E-state index contributed by atoms with van der Waals surface area (Å²) in [6, 6.07) is 1.38. The second kappa shape index (κ2) is 5.55. The van der Waals surface area contributed by atoms with Gasteiger partial charge in [0.2, 0.25) is 0 Å². The van der Waals surface area contributed by atoms with Crippen molar-refractivity contribution >= 4 is 12.4 Å². The zero-order chi connectivity index (χ0) is 10.8. The lowest BCUT2D eigenvalue weighted by atomic mass is 9.97. The number of piperidine rings is 1. The molecule has 0 radical (unpaired) electrons. The molecule has 1 N–H and O–H groups in total. The first-order valence-electron chi connectivity index (χ1n) is 5.06. The normalized spacial score (nSPS) is 20.3. The molecule has 1 aliphatic heterocycles. The maximum Gasteiger partial charge on any atom is 0.161 e. The van der Waals surface area contributed by atoms with Gasteiger partial charge in [0.05, 0.1) is 0 Å². The lowest BCUT2D eigenvalue weighted by Gasteiger charge is -2.24. The molecular weight excluding hydrogens is 239 g/mol. The van der Waals surface area contributed by atoms with Gasteiger partial charge in [-0.05, 0) is 25.5 Å². The molecule has 0 unspecified atom stereocenters. The van der Waals surface area contributed by atoms with Crippen molar-refractivity contribution in [2.75, 3.05) is 6.54 Å². The fourth-order valence-electron chi connectivity index (χ4n) is 1.92. The Hall–Kier alpha value is -0.740. The molecule has 0 bridgehead atoms. The molecule has 1 nitrogen and oxygen atoms in total. The van der Waals surface area contributed by atoms with E-state index in [1.165, 1.54) is 0 Å². The Morgan fingerprint density at radius 3 is 2.31 bits per heavy atom. The minimum Gasteiger partial charge on any atom is -0.310 e. The van der Waals surface area contributed by atoms with E-state index in [0.717, 1.165) is 31.9 Å². The van der Waals surface area contributed by atoms with Crippen LogP contribution in [0.1, 0.15) is 30.9 Å². The van der Waals surface area contributed by atoms with Crippen molar-refractivity contribution in [3.63, 3.8) is 0 Å². The molecule has 1 atom stereocenters. The van der Waals surface area contributed by atoms with Crippen molar-refractivity contribution in [1.82, 2.24) is 5.32 Å². The molecule has 16 heavy (non-hydrogen) atoms. The molecule has 1 fully saturated rings. The van der Waals surface area contributed by atoms with Crippen LogP contribution in [0.5, 0.6) is 0 Å². The van der Waals surface area contributed by atoms with E-state index in [0.29, 0.717) is 6.07 Å². The Bertz CT molecular complexity index is 364. The van der Waals surface area contributed by atoms with Crippen molar-refractivity contribution in [2.45, 2.75) is 25.3 Å². The summed E-state index contributed by atoms with van der Waals surface area (Å²) >= 11 is 0. The molecule has 0 spiro atoms. The van der Waals surface area contributed by atoms with Crippen LogP contribution < -0.4 is 5.32 Å². The lowest BCUT2D eigenvalue weighted by Crippen LogP contribution is -2.27. The fourth-order valence-corrected chi connectivity index (χ4v) is 1.92. The monoisotopic (exact) mass is 251 g/mol. The Morgan fingerprint density at radius 2 is 1.69 bits per heavy atom. The van der Waals surface area contributed by atoms with Crippen molar-refractivity contribution in [1.29, 1.82) is 0 Å². The van der Waals surface area contributed by atoms with Gasteiger partial charge in [-0.3, -0.25) is 0 Å². The second-order valence-corrected chi connectivity index (χ2v) is 3.79. The Morgan fingerprint density at radius 1 is 1.00 bits per heavy atom. The molecule has 90 valence electrons. The van der Waals surface area contributed by atoms with Gasteiger partial charge in [0.1, 0.15) is 5.82 Å². The highest BCUT2D eigenvalue weighted by atomic mass is 35.5. The third kappa shape index (κ3) is 2.68. The fraction of sp³-hybridized carbons (Fsp3) is 0.455. The minimum atomic E-state index is -1.13.